The number of hydrogen-bond donors (Lipinski definition) is 1. The largest absolute Gasteiger partial charge is 0.383 e. The maximum atomic E-state index is 13.4. The van der Waals surface area contributed by atoms with Crippen LogP contribution < -0.4 is 5.73 Å². The first-order valence-electron chi connectivity index (χ1n) is 4.43. The van der Waals surface area contributed by atoms with Gasteiger partial charge in [-0.05, 0) is 12.1 Å². The normalized spacial score (nSPS) is 10.8. The third kappa shape index (κ3) is 1.42. The van der Waals surface area contributed by atoms with E-state index < -0.39 is 23.0 Å². The van der Waals surface area contributed by atoms with Crippen LogP contribution >= 0.6 is 0 Å². The summed E-state index contributed by atoms with van der Waals surface area (Å²) in [5.41, 5.74) is 5.11. The molecule has 0 aliphatic rings. The van der Waals surface area contributed by atoms with Crippen LogP contribution in [-0.2, 0) is 7.05 Å². The van der Waals surface area contributed by atoms with E-state index in [0.29, 0.717) is 0 Å². The van der Waals surface area contributed by atoms with Gasteiger partial charge >= 0.3 is 0 Å². The second kappa shape index (κ2) is 3.55. The number of nitrogen functional groups attached to an aromatic ring is 1. The molecule has 84 valence electrons. The number of aryl methyl sites for hydroxylation is 1. The van der Waals surface area contributed by atoms with Crippen LogP contribution in [0, 0.1) is 17.5 Å². The number of rotatable bonds is 1. The first kappa shape index (κ1) is 10.5. The Bertz CT molecular complexity index is 548. The van der Waals surface area contributed by atoms with E-state index in [1.807, 2.05) is 0 Å². The maximum absolute atomic E-state index is 13.4. The van der Waals surface area contributed by atoms with Crippen LogP contribution in [0.3, 0.4) is 0 Å². The molecule has 0 atom stereocenters. The van der Waals surface area contributed by atoms with E-state index in [-0.39, 0.29) is 11.4 Å². The lowest BCUT2D eigenvalue weighted by atomic mass is 10.1. The molecule has 0 unspecified atom stereocenters. The van der Waals surface area contributed by atoms with Gasteiger partial charge in [-0.3, -0.25) is 4.68 Å². The zero-order valence-electron chi connectivity index (χ0n) is 8.34. The van der Waals surface area contributed by atoms with Crippen LogP contribution in [0.5, 0.6) is 0 Å². The summed E-state index contributed by atoms with van der Waals surface area (Å²) in [6.07, 6.45) is 1.19. The third-order valence-corrected chi connectivity index (χ3v) is 2.30. The fourth-order valence-electron chi connectivity index (χ4n) is 1.41. The summed E-state index contributed by atoms with van der Waals surface area (Å²) in [5.74, 6) is -3.19. The molecule has 1 aromatic carbocycles. The molecule has 0 saturated carbocycles. The van der Waals surface area contributed by atoms with Crippen LogP contribution in [0.2, 0.25) is 0 Å². The van der Waals surface area contributed by atoms with Crippen molar-refractivity contribution in [2.24, 2.45) is 7.05 Å². The van der Waals surface area contributed by atoms with Crippen LogP contribution in [-0.4, -0.2) is 9.78 Å². The molecule has 1 aromatic heterocycles. The number of hydrogen-bond acceptors (Lipinski definition) is 2. The van der Waals surface area contributed by atoms with Crippen LogP contribution in [0.1, 0.15) is 0 Å². The molecule has 2 aromatic rings. The average molecular weight is 227 g/mol. The Balaban J connectivity index is 2.73. The monoisotopic (exact) mass is 227 g/mol. The van der Waals surface area contributed by atoms with Gasteiger partial charge < -0.3 is 5.73 Å². The summed E-state index contributed by atoms with van der Waals surface area (Å²) in [5, 5.41) is 3.74. The molecule has 6 heteroatoms. The Morgan fingerprint density at radius 1 is 1.19 bits per heavy atom. The van der Waals surface area contributed by atoms with Gasteiger partial charge in [-0.2, -0.15) is 5.10 Å². The van der Waals surface area contributed by atoms with Crippen molar-refractivity contribution >= 4 is 5.82 Å². The number of anilines is 1. The second-order valence-electron chi connectivity index (χ2n) is 3.29. The zero-order chi connectivity index (χ0) is 11.9. The van der Waals surface area contributed by atoms with E-state index in [0.717, 1.165) is 12.1 Å². The predicted molar refractivity (Wildman–Crippen MR) is 52.9 cm³/mol. The Morgan fingerprint density at radius 2 is 1.81 bits per heavy atom. The lowest BCUT2D eigenvalue weighted by molar-refractivity contribution is 0.499. The van der Waals surface area contributed by atoms with E-state index in [9.17, 15) is 13.2 Å². The molecular weight excluding hydrogens is 219 g/mol. The highest BCUT2D eigenvalue weighted by molar-refractivity contribution is 5.74. The number of aromatic nitrogens is 2. The van der Waals surface area contributed by atoms with E-state index >= 15 is 0 Å². The maximum Gasteiger partial charge on any atom is 0.169 e. The van der Waals surface area contributed by atoms with Crippen molar-refractivity contribution in [3.05, 3.63) is 35.8 Å². The van der Waals surface area contributed by atoms with Crippen LogP contribution in [0.25, 0.3) is 11.1 Å². The predicted octanol–water partition coefficient (Wildman–Crippen LogP) is 2.09. The Kier molecular flexibility index (Phi) is 2.34. The first-order chi connectivity index (χ1) is 7.52. The molecule has 3 nitrogen and oxygen atoms in total. The van der Waals surface area contributed by atoms with E-state index in [1.54, 1.807) is 0 Å². The number of nitrogens with zero attached hydrogens (tertiary/aromatic N) is 2. The molecule has 0 bridgehead atoms. The standard InChI is InChI=1S/C10H8F3N3/c1-16-10(14)5(4-15-16)8-6(11)2-3-7(12)9(8)13/h2-4H,14H2,1H3. The quantitative estimate of drug-likeness (QED) is 0.758. The minimum absolute atomic E-state index is 0.0389. The van der Waals surface area contributed by atoms with Gasteiger partial charge in [-0.1, -0.05) is 0 Å². The Morgan fingerprint density at radius 3 is 2.38 bits per heavy atom. The van der Waals surface area contributed by atoms with Crippen molar-refractivity contribution in [2.75, 3.05) is 5.73 Å². The highest BCUT2D eigenvalue weighted by atomic mass is 19.2. The average Bonchev–Trinajstić information content (AvgIpc) is 2.56. The van der Waals surface area contributed by atoms with E-state index in [4.69, 9.17) is 5.73 Å². The molecule has 0 amide bonds. The topological polar surface area (TPSA) is 43.8 Å². The molecule has 16 heavy (non-hydrogen) atoms. The minimum atomic E-state index is -1.26. The molecule has 0 aliphatic heterocycles. The highest BCUT2D eigenvalue weighted by Gasteiger charge is 2.19. The summed E-state index contributed by atoms with van der Waals surface area (Å²) in [4.78, 5) is 0. The second-order valence-corrected chi connectivity index (χ2v) is 3.29. The van der Waals surface area contributed by atoms with Crippen LogP contribution in [0.4, 0.5) is 19.0 Å². The molecule has 0 aliphatic carbocycles. The van der Waals surface area contributed by atoms with Crippen LogP contribution in [0.15, 0.2) is 18.3 Å². The van der Waals surface area contributed by atoms with Gasteiger partial charge in [-0.15, -0.1) is 0 Å². The number of benzene rings is 1. The molecule has 0 saturated heterocycles. The van der Waals surface area contributed by atoms with Crippen molar-refractivity contribution in [1.29, 1.82) is 0 Å². The number of halogens is 3. The highest BCUT2D eigenvalue weighted by Crippen LogP contribution is 2.31. The lowest BCUT2D eigenvalue weighted by Crippen LogP contribution is -2.00. The summed E-state index contributed by atoms with van der Waals surface area (Å²) < 4.78 is 41.1. The van der Waals surface area contributed by atoms with E-state index in [1.165, 1.54) is 17.9 Å². The molecule has 2 N–H and O–H groups in total. The summed E-state index contributed by atoms with van der Waals surface area (Å²) in [6, 6.07) is 1.57. The van der Waals surface area contributed by atoms with Gasteiger partial charge in [0.1, 0.15) is 11.6 Å². The molecule has 0 radical (unpaired) electrons. The summed E-state index contributed by atoms with van der Waals surface area (Å²) >= 11 is 0. The fraction of sp³-hybridized carbons (Fsp3) is 0.100. The van der Waals surface area contributed by atoms with Crippen molar-refractivity contribution in [3.63, 3.8) is 0 Å². The molecule has 2 rings (SSSR count). The zero-order valence-corrected chi connectivity index (χ0v) is 8.34. The molecule has 1 heterocycles. The van der Waals surface area contributed by atoms with Gasteiger partial charge in [0, 0.05) is 12.6 Å². The fourth-order valence-corrected chi connectivity index (χ4v) is 1.41. The van der Waals surface area contributed by atoms with Crippen molar-refractivity contribution in [1.82, 2.24) is 9.78 Å². The Hall–Kier alpha value is -1.98. The van der Waals surface area contributed by atoms with Gasteiger partial charge in [0.05, 0.1) is 11.8 Å². The van der Waals surface area contributed by atoms with Gasteiger partial charge in [0.25, 0.3) is 0 Å². The van der Waals surface area contributed by atoms with Crippen molar-refractivity contribution in [2.45, 2.75) is 0 Å². The van der Waals surface area contributed by atoms with Crippen molar-refractivity contribution in [3.8, 4) is 11.1 Å². The summed E-state index contributed by atoms with van der Waals surface area (Å²) in [7, 11) is 1.52. The van der Waals surface area contributed by atoms with Crippen molar-refractivity contribution < 1.29 is 13.2 Å². The SMILES string of the molecule is Cn1ncc(-c2c(F)ccc(F)c2F)c1N. The molecule has 0 fully saturated rings. The Labute approximate surface area is 89.3 Å². The van der Waals surface area contributed by atoms with Gasteiger partial charge in [0.2, 0.25) is 0 Å². The molecule has 0 spiro atoms. The van der Waals surface area contributed by atoms with Gasteiger partial charge in [0.15, 0.2) is 11.6 Å². The number of nitrogens with two attached hydrogens (primary N) is 1. The smallest absolute Gasteiger partial charge is 0.169 e. The molecular formula is C10H8F3N3. The van der Waals surface area contributed by atoms with Gasteiger partial charge in [-0.25, -0.2) is 13.2 Å². The third-order valence-electron chi connectivity index (χ3n) is 2.30. The lowest BCUT2D eigenvalue weighted by Gasteiger charge is -2.04. The first-order valence-corrected chi connectivity index (χ1v) is 4.43. The minimum Gasteiger partial charge on any atom is -0.383 e. The van der Waals surface area contributed by atoms with E-state index in [2.05, 4.69) is 5.10 Å². The summed E-state index contributed by atoms with van der Waals surface area (Å²) in [6.45, 7) is 0.